The minimum atomic E-state index is -0.770. The fourth-order valence-corrected chi connectivity index (χ4v) is 3.66. The molecule has 1 atom stereocenters. The number of hydrogen-bond acceptors (Lipinski definition) is 8. The van der Waals surface area contributed by atoms with Crippen molar-refractivity contribution >= 4 is 23.8 Å². The van der Waals surface area contributed by atoms with Crippen LogP contribution in [0.2, 0.25) is 0 Å². The average Bonchev–Trinajstić information content (AvgIpc) is 2.80. The summed E-state index contributed by atoms with van der Waals surface area (Å²) in [6.45, 7) is 9.30. The number of carbonyl (C=O) groups excluding carboxylic acids is 1. The number of benzene rings is 1. The molecule has 10 heteroatoms. The van der Waals surface area contributed by atoms with Crippen molar-refractivity contribution in [2.24, 2.45) is 5.41 Å². The molecule has 1 aliphatic rings. The fourth-order valence-electron chi connectivity index (χ4n) is 3.66. The van der Waals surface area contributed by atoms with Crippen LogP contribution in [0.3, 0.4) is 0 Å². The lowest BCUT2D eigenvalue weighted by Crippen LogP contribution is -2.41. The van der Waals surface area contributed by atoms with E-state index in [4.69, 9.17) is 16.4 Å². The Morgan fingerprint density at radius 3 is 2.69 bits per heavy atom. The predicted octanol–water partition coefficient (Wildman–Crippen LogP) is 3.85. The standard InChI is InChI=1S/C17H19FN6O2.C8H13N/c18-12-4-3-10(6-13(12)26)15(19)14-16(20)21-8-22-17(14)23-11-2-1-5-24(7-11)9-25;1-7(6-9)5-8(2,3)4/h3-4,6,8-9,11,19,26H,1-2,5,7H2,(H3,20,21,22,23);5H,1-4H3/b;7-5-. The first kappa shape index (κ1) is 27.2. The Labute approximate surface area is 205 Å². The number of rotatable bonds is 5. The van der Waals surface area contributed by atoms with E-state index in [0.29, 0.717) is 18.9 Å². The molecule has 1 saturated heterocycles. The molecule has 0 spiro atoms. The Morgan fingerprint density at radius 1 is 1.40 bits per heavy atom. The summed E-state index contributed by atoms with van der Waals surface area (Å²) in [4.78, 5) is 20.8. The highest BCUT2D eigenvalue weighted by Crippen LogP contribution is 2.26. The zero-order valence-corrected chi connectivity index (χ0v) is 20.5. The molecule has 1 aromatic heterocycles. The molecule has 35 heavy (non-hydrogen) atoms. The van der Waals surface area contributed by atoms with E-state index in [-0.39, 0.29) is 34.1 Å². The summed E-state index contributed by atoms with van der Waals surface area (Å²) < 4.78 is 13.3. The number of piperidine rings is 1. The van der Waals surface area contributed by atoms with Crippen LogP contribution in [0, 0.1) is 28.0 Å². The van der Waals surface area contributed by atoms with E-state index >= 15 is 0 Å². The first-order valence-electron chi connectivity index (χ1n) is 11.2. The number of carbonyl (C=O) groups is 1. The third kappa shape index (κ3) is 8.07. The Hall–Kier alpha value is -4.00. The monoisotopic (exact) mass is 481 g/mol. The maximum Gasteiger partial charge on any atom is 0.209 e. The largest absolute Gasteiger partial charge is 0.505 e. The van der Waals surface area contributed by atoms with Crippen molar-refractivity contribution in [3.63, 3.8) is 0 Å². The Bertz CT molecular complexity index is 1140. The van der Waals surface area contributed by atoms with Gasteiger partial charge in [0.15, 0.2) is 11.6 Å². The fraction of sp³-hybridized carbons (Fsp3) is 0.400. The average molecular weight is 482 g/mol. The third-order valence-electron chi connectivity index (χ3n) is 5.13. The van der Waals surface area contributed by atoms with E-state index in [2.05, 4.69) is 42.1 Å². The molecule has 1 aliphatic heterocycles. The van der Waals surface area contributed by atoms with Crippen LogP contribution >= 0.6 is 0 Å². The Balaban J connectivity index is 0.000000410. The SMILES string of the molecule is C/C(C#N)=C/C(C)(C)C.N=C(c1ccc(F)c(O)c1)c1c(N)ncnc1NC1CCCN(C=O)C1. The zero-order chi connectivity index (χ0) is 26.2. The highest BCUT2D eigenvalue weighted by molar-refractivity contribution is 6.16. The molecule has 186 valence electrons. The summed E-state index contributed by atoms with van der Waals surface area (Å²) in [5, 5.41) is 29.6. The predicted molar refractivity (Wildman–Crippen MR) is 134 cm³/mol. The number of likely N-dealkylation sites (tertiary alicyclic amines) is 1. The molecule has 1 fully saturated rings. The zero-order valence-electron chi connectivity index (χ0n) is 20.5. The summed E-state index contributed by atoms with van der Waals surface area (Å²) in [6.07, 6.45) is 5.77. The molecule has 2 heterocycles. The highest BCUT2D eigenvalue weighted by Gasteiger charge is 2.23. The molecule has 3 rings (SSSR count). The van der Waals surface area contributed by atoms with Crippen molar-refractivity contribution in [2.75, 3.05) is 24.1 Å². The first-order chi connectivity index (χ1) is 16.4. The maximum atomic E-state index is 13.3. The lowest BCUT2D eigenvalue weighted by Gasteiger charge is -2.31. The Kier molecular flexibility index (Phi) is 9.28. The van der Waals surface area contributed by atoms with Crippen molar-refractivity contribution in [1.29, 1.82) is 10.7 Å². The van der Waals surface area contributed by atoms with Gasteiger partial charge in [-0.25, -0.2) is 14.4 Å². The van der Waals surface area contributed by atoms with Crippen LogP contribution in [0.5, 0.6) is 5.75 Å². The van der Waals surface area contributed by atoms with E-state index in [1.165, 1.54) is 12.4 Å². The van der Waals surface area contributed by atoms with Crippen molar-refractivity contribution in [3.05, 3.63) is 53.1 Å². The molecule has 0 radical (unpaired) electrons. The number of phenolic OH excluding ortho intramolecular Hbond substituents is 1. The van der Waals surface area contributed by atoms with E-state index in [1.807, 2.05) is 13.0 Å². The number of nitrogens with zero attached hydrogens (tertiary/aromatic N) is 4. The normalized spacial score (nSPS) is 15.9. The number of nitrogens with two attached hydrogens (primary N) is 1. The van der Waals surface area contributed by atoms with Gasteiger partial charge in [-0.2, -0.15) is 5.26 Å². The summed E-state index contributed by atoms with van der Waals surface area (Å²) in [7, 11) is 0. The highest BCUT2D eigenvalue weighted by atomic mass is 19.1. The number of aromatic nitrogens is 2. The second kappa shape index (κ2) is 11.9. The number of aromatic hydroxyl groups is 1. The van der Waals surface area contributed by atoms with Gasteiger partial charge in [0, 0.05) is 30.3 Å². The van der Waals surface area contributed by atoms with Gasteiger partial charge in [-0.1, -0.05) is 26.8 Å². The van der Waals surface area contributed by atoms with Gasteiger partial charge in [-0.15, -0.1) is 0 Å². The van der Waals surface area contributed by atoms with E-state index in [1.54, 1.807) is 4.90 Å². The minimum Gasteiger partial charge on any atom is -0.505 e. The topological polar surface area (TPSA) is 152 Å². The number of amides is 1. The smallest absolute Gasteiger partial charge is 0.209 e. The van der Waals surface area contributed by atoms with Crippen LogP contribution in [0.25, 0.3) is 0 Å². The van der Waals surface area contributed by atoms with Crippen LogP contribution < -0.4 is 11.1 Å². The molecule has 1 amide bonds. The molecular weight excluding hydrogens is 449 g/mol. The molecule has 0 aliphatic carbocycles. The summed E-state index contributed by atoms with van der Waals surface area (Å²) in [5.41, 5.74) is 7.40. The second-order valence-corrected chi connectivity index (χ2v) is 9.41. The number of halogens is 1. The Morgan fingerprint density at radius 2 is 2.11 bits per heavy atom. The molecule has 0 bridgehead atoms. The van der Waals surface area contributed by atoms with Gasteiger partial charge in [-0.3, -0.25) is 10.2 Å². The van der Waals surface area contributed by atoms with Crippen molar-refractivity contribution in [2.45, 2.75) is 46.6 Å². The summed E-state index contributed by atoms with van der Waals surface area (Å²) in [6, 6.07) is 5.66. The van der Waals surface area contributed by atoms with Crippen molar-refractivity contribution in [1.82, 2.24) is 14.9 Å². The second-order valence-electron chi connectivity index (χ2n) is 9.41. The van der Waals surface area contributed by atoms with Gasteiger partial charge in [0.25, 0.3) is 0 Å². The molecular formula is C25H32FN7O2. The van der Waals surface area contributed by atoms with Crippen LogP contribution in [0.1, 0.15) is 51.7 Å². The number of allylic oxidation sites excluding steroid dienone is 2. The van der Waals surface area contributed by atoms with Crippen LogP contribution in [0.15, 0.2) is 36.2 Å². The lowest BCUT2D eigenvalue weighted by atomic mass is 9.94. The van der Waals surface area contributed by atoms with Gasteiger partial charge < -0.3 is 21.1 Å². The van der Waals surface area contributed by atoms with E-state index in [0.717, 1.165) is 37.0 Å². The summed E-state index contributed by atoms with van der Waals surface area (Å²) >= 11 is 0. The molecule has 5 N–H and O–H groups in total. The number of nitriles is 1. The van der Waals surface area contributed by atoms with Crippen molar-refractivity contribution < 1.29 is 14.3 Å². The number of hydrogen-bond donors (Lipinski definition) is 4. The summed E-state index contributed by atoms with van der Waals surface area (Å²) in [5.74, 6) is -0.858. The number of anilines is 2. The van der Waals surface area contributed by atoms with Gasteiger partial charge in [0.2, 0.25) is 6.41 Å². The first-order valence-corrected chi connectivity index (χ1v) is 11.2. The van der Waals surface area contributed by atoms with Gasteiger partial charge in [0.05, 0.1) is 17.3 Å². The lowest BCUT2D eigenvalue weighted by molar-refractivity contribution is -0.119. The molecule has 1 aromatic carbocycles. The minimum absolute atomic E-state index is 0.0311. The molecule has 0 saturated carbocycles. The number of nitrogen functional groups attached to an aromatic ring is 1. The van der Waals surface area contributed by atoms with Crippen molar-refractivity contribution in [3.8, 4) is 11.8 Å². The quantitative estimate of drug-likeness (QED) is 0.287. The van der Waals surface area contributed by atoms with E-state index in [9.17, 15) is 14.3 Å². The van der Waals surface area contributed by atoms with Crippen LogP contribution in [-0.2, 0) is 4.79 Å². The molecule has 2 aromatic rings. The molecule has 1 unspecified atom stereocenters. The number of phenols is 1. The number of nitrogens with one attached hydrogen (secondary N) is 2. The van der Waals surface area contributed by atoms with Gasteiger partial charge in [-0.05, 0) is 43.4 Å². The van der Waals surface area contributed by atoms with Crippen LogP contribution in [0.4, 0.5) is 16.0 Å². The van der Waals surface area contributed by atoms with Crippen LogP contribution in [-0.4, -0.2) is 51.2 Å². The van der Waals surface area contributed by atoms with Gasteiger partial charge >= 0.3 is 0 Å². The van der Waals surface area contributed by atoms with Gasteiger partial charge in [0.1, 0.15) is 18.0 Å². The molecule has 9 nitrogen and oxygen atoms in total. The third-order valence-corrected chi connectivity index (χ3v) is 5.13. The van der Waals surface area contributed by atoms with E-state index < -0.39 is 11.6 Å². The maximum absolute atomic E-state index is 13.3.